The second-order valence-corrected chi connectivity index (χ2v) is 5.38. The molecule has 0 saturated carbocycles. The summed E-state index contributed by atoms with van der Waals surface area (Å²) in [6.07, 6.45) is 1.99. The summed E-state index contributed by atoms with van der Waals surface area (Å²) in [5.41, 5.74) is 8.70. The topological polar surface area (TPSA) is 66.6 Å². The molecule has 4 heteroatoms. The molecule has 1 fully saturated rings. The summed E-state index contributed by atoms with van der Waals surface area (Å²) in [5, 5.41) is 9.17. The van der Waals surface area contributed by atoms with Gasteiger partial charge in [-0.2, -0.15) is 0 Å². The van der Waals surface area contributed by atoms with Crippen molar-refractivity contribution in [2.75, 3.05) is 18.0 Å². The maximum Gasteiger partial charge on any atom is 0.323 e. The van der Waals surface area contributed by atoms with Gasteiger partial charge in [0.2, 0.25) is 0 Å². The van der Waals surface area contributed by atoms with Crippen LogP contribution < -0.4 is 10.6 Å². The van der Waals surface area contributed by atoms with Gasteiger partial charge in [0.1, 0.15) is 5.54 Å². The van der Waals surface area contributed by atoms with E-state index >= 15 is 0 Å². The number of anilines is 1. The third-order valence-corrected chi connectivity index (χ3v) is 4.10. The van der Waals surface area contributed by atoms with E-state index in [1.807, 2.05) is 0 Å². The van der Waals surface area contributed by atoms with Crippen molar-refractivity contribution in [1.29, 1.82) is 0 Å². The number of carbonyl (C=O) groups is 1. The number of hydrogen-bond acceptors (Lipinski definition) is 3. The molecule has 1 aromatic carbocycles. The van der Waals surface area contributed by atoms with Gasteiger partial charge in [0.25, 0.3) is 0 Å². The number of carboxylic acid groups (broad SMARTS) is 1. The first-order valence-electron chi connectivity index (χ1n) is 6.83. The van der Waals surface area contributed by atoms with E-state index in [0.717, 1.165) is 6.42 Å². The summed E-state index contributed by atoms with van der Waals surface area (Å²) in [6, 6.07) is 6.33. The van der Waals surface area contributed by atoms with Crippen molar-refractivity contribution in [3.63, 3.8) is 0 Å². The summed E-state index contributed by atoms with van der Waals surface area (Å²) < 4.78 is 0. The van der Waals surface area contributed by atoms with Gasteiger partial charge in [0.05, 0.1) is 0 Å². The zero-order chi connectivity index (χ0) is 14.0. The summed E-state index contributed by atoms with van der Waals surface area (Å²) in [4.78, 5) is 13.4. The van der Waals surface area contributed by atoms with E-state index in [2.05, 4.69) is 36.9 Å². The van der Waals surface area contributed by atoms with Crippen molar-refractivity contribution in [3.8, 4) is 0 Å². The molecular weight excluding hydrogens is 240 g/mol. The SMILES string of the molecule is CCc1cccc(C)c1N1CCC(N)(C(=O)O)CC1. The number of para-hydroxylation sites is 1. The largest absolute Gasteiger partial charge is 0.480 e. The summed E-state index contributed by atoms with van der Waals surface area (Å²) in [7, 11) is 0. The van der Waals surface area contributed by atoms with E-state index in [4.69, 9.17) is 10.8 Å². The highest BCUT2D eigenvalue weighted by Gasteiger charge is 2.38. The van der Waals surface area contributed by atoms with Crippen molar-refractivity contribution < 1.29 is 9.90 Å². The van der Waals surface area contributed by atoms with Crippen LogP contribution >= 0.6 is 0 Å². The number of aryl methyl sites for hydroxylation is 2. The fourth-order valence-corrected chi connectivity index (χ4v) is 2.80. The molecule has 1 saturated heterocycles. The second-order valence-electron chi connectivity index (χ2n) is 5.38. The van der Waals surface area contributed by atoms with Gasteiger partial charge in [-0.15, -0.1) is 0 Å². The second kappa shape index (κ2) is 5.21. The van der Waals surface area contributed by atoms with E-state index in [1.54, 1.807) is 0 Å². The molecule has 2 rings (SSSR count). The molecule has 1 aliphatic heterocycles. The van der Waals surface area contributed by atoms with E-state index in [-0.39, 0.29) is 0 Å². The Labute approximate surface area is 114 Å². The molecular formula is C15H22N2O2. The standard InChI is InChI=1S/C15H22N2O2/c1-3-12-6-4-5-11(2)13(12)17-9-7-15(16,8-10-17)14(18)19/h4-6H,3,7-10,16H2,1-2H3,(H,18,19). The molecule has 3 N–H and O–H groups in total. The molecule has 0 radical (unpaired) electrons. The molecule has 1 aromatic rings. The molecule has 104 valence electrons. The van der Waals surface area contributed by atoms with Crippen molar-refractivity contribution in [1.82, 2.24) is 0 Å². The average Bonchev–Trinajstić information content (AvgIpc) is 2.39. The Kier molecular flexibility index (Phi) is 3.80. The van der Waals surface area contributed by atoms with Crippen molar-refractivity contribution >= 4 is 11.7 Å². The highest BCUT2D eigenvalue weighted by atomic mass is 16.4. The molecule has 0 unspecified atom stereocenters. The number of hydrogen-bond donors (Lipinski definition) is 2. The minimum Gasteiger partial charge on any atom is -0.480 e. The fourth-order valence-electron chi connectivity index (χ4n) is 2.80. The Morgan fingerprint density at radius 1 is 1.42 bits per heavy atom. The Hall–Kier alpha value is -1.55. The van der Waals surface area contributed by atoms with Crippen LogP contribution in [-0.2, 0) is 11.2 Å². The highest BCUT2D eigenvalue weighted by Crippen LogP contribution is 2.30. The third-order valence-electron chi connectivity index (χ3n) is 4.10. The molecule has 0 spiro atoms. The predicted molar refractivity (Wildman–Crippen MR) is 76.6 cm³/mol. The number of rotatable bonds is 3. The number of carboxylic acids is 1. The van der Waals surface area contributed by atoms with Gasteiger partial charge in [-0.3, -0.25) is 4.79 Å². The molecule has 4 nitrogen and oxygen atoms in total. The first-order valence-corrected chi connectivity index (χ1v) is 6.83. The zero-order valence-electron chi connectivity index (χ0n) is 11.6. The maximum atomic E-state index is 11.2. The molecule has 19 heavy (non-hydrogen) atoms. The van der Waals surface area contributed by atoms with Crippen LogP contribution in [0.5, 0.6) is 0 Å². The van der Waals surface area contributed by atoms with Gasteiger partial charge in [-0.1, -0.05) is 25.1 Å². The van der Waals surface area contributed by atoms with Crippen LogP contribution in [0.2, 0.25) is 0 Å². The van der Waals surface area contributed by atoms with E-state index in [0.29, 0.717) is 25.9 Å². The minimum atomic E-state index is -1.05. The number of nitrogens with two attached hydrogens (primary N) is 1. The molecule has 1 heterocycles. The highest BCUT2D eigenvalue weighted by molar-refractivity contribution is 5.79. The molecule has 0 aliphatic carbocycles. The lowest BCUT2D eigenvalue weighted by Gasteiger charge is -2.39. The lowest BCUT2D eigenvalue weighted by atomic mass is 9.88. The Morgan fingerprint density at radius 3 is 2.58 bits per heavy atom. The third kappa shape index (κ3) is 2.59. The van der Waals surface area contributed by atoms with Crippen LogP contribution in [-0.4, -0.2) is 29.7 Å². The maximum absolute atomic E-state index is 11.2. The van der Waals surface area contributed by atoms with Gasteiger partial charge in [0.15, 0.2) is 0 Å². The lowest BCUT2D eigenvalue weighted by molar-refractivity contribution is -0.144. The summed E-state index contributed by atoms with van der Waals surface area (Å²) in [5.74, 6) is -0.882. The molecule has 0 bridgehead atoms. The average molecular weight is 262 g/mol. The van der Waals surface area contributed by atoms with Gasteiger partial charge in [-0.25, -0.2) is 0 Å². The Balaban J connectivity index is 2.21. The van der Waals surface area contributed by atoms with Crippen molar-refractivity contribution in [2.45, 2.75) is 38.6 Å². The quantitative estimate of drug-likeness (QED) is 0.873. The van der Waals surface area contributed by atoms with Crippen LogP contribution in [0.15, 0.2) is 18.2 Å². The van der Waals surface area contributed by atoms with Crippen molar-refractivity contribution in [3.05, 3.63) is 29.3 Å². The molecule has 1 aliphatic rings. The number of aliphatic carboxylic acids is 1. The molecule has 0 aromatic heterocycles. The number of nitrogens with zero attached hydrogens (tertiary/aromatic N) is 1. The zero-order valence-corrected chi connectivity index (χ0v) is 11.6. The van der Waals surface area contributed by atoms with Crippen LogP contribution in [0.1, 0.15) is 30.9 Å². The lowest BCUT2D eigenvalue weighted by Crippen LogP contribution is -2.55. The number of benzene rings is 1. The van der Waals surface area contributed by atoms with E-state index in [9.17, 15) is 4.79 Å². The van der Waals surface area contributed by atoms with Crippen LogP contribution in [0.3, 0.4) is 0 Å². The Morgan fingerprint density at radius 2 is 2.05 bits per heavy atom. The first kappa shape index (κ1) is 13.9. The Bertz CT molecular complexity index is 477. The van der Waals surface area contributed by atoms with Crippen molar-refractivity contribution in [2.24, 2.45) is 5.73 Å². The van der Waals surface area contributed by atoms with Crippen LogP contribution in [0.25, 0.3) is 0 Å². The smallest absolute Gasteiger partial charge is 0.323 e. The molecule has 0 amide bonds. The van der Waals surface area contributed by atoms with Crippen LogP contribution in [0, 0.1) is 6.92 Å². The fraction of sp³-hybridized carbons (Fsp3) is 0.533. The first-order chi connectivity index (χ1) is 8.98. The summed E-state index contributed by atoms with van der Waals surface area (Å²) in [6.45, 7) is 5.67. The summed E-state index contributed by atoms with van der Waals surface area (Å²) >= 11 is 0. The van der Waals surface area contributed by atoms with Gasteiger partial charge in [0, 0.05) is 18.8 Å². The van der Waals surface area contributed by atoms with Gasteiger partial charge in [-0.05, 0) is 37.3 Å². The van der Waals surface area contributed by atoms with Gasteiger partial charge >= 0.3 is 5.97 Å². The minimum absolute atomic E-state index is 0.500. The van der Waals surface area contributed by atoms with Crippen LogP contribution in [0.4, 0.5) is 5.69 Å². The predicted octanol–water partition coefficient (Wildman–Crippen LogP) is 1.94. The van der Waals surface area contributed by atoms with Gasteiger partial charge < -0.3 is 15.7 Å². The number of piperidine rings is 1. The van der Waals surface area contributed by atoms with E-state index in [1.165, 1.54) is 16.8 Å². The monoisotopic (exact) mass is 262 g/mol. The normalized spacial score (nSPS) is 18.4. The molecule has 0 atom stereocenters. The van der Waals surface area contributed by atoms with E-state index < -0.39 is 11.5 Å².